The summed E-state index contributed by atoms with van der Waals surface area (Å²) in [5.41, 5.74) is 0.863. The average Bonchev–Trinajstić information content (AvgIpc) is 2.40. The Labute approximate surface area is 113 Å². The lowest BCUT2D eigenvalue weighted by Gasteiger charge is -2.08. The Kier molecular flexibility index (Phi) is 4.80. The molecule has 5 nitrogen and oxygen atoms in total. The molecule has 0 saturated heterocycles. The van der Waals surface area contributed by atoms with Crippen molar-refractivity contribution in [1.82, 2.24) is 20.3 Å². The molecule has 2 aromatic rings. The van der Waals surface area contributed by atoms with Crippen molar-refractivity contribution in [2.24, 2.45) is 5.92 Å². The highest BCUT2D eigenvalue weighted by Crippen LogP contribution is 2.16. The van der Waals surface area contributed by atoms with Gasteiger partial charge in [0.15, 0.2) is 0 Å². The van der Waals surface area contributed by atoms with Crippen molar-refractivity contribution < 1.29 is 4.74 Å². The molecule has 2 heterocycles. The molecule has 0 aliphatic rings. The van der Waals surface area contributed by atoms with Crippen molar-refractivity contribution >= 4 is 0 Å². The summed E-state index contributed by atoms with van der Waals surface area (Å²) in [5, 5.41) is 3.32. The summed E-state index contributed by atoms with van der Waals surface area (Å²) in [5.74, 6) is 1.75. The number of rotatable bonds is 6. The minimum atomic E-state index is 0.483. The Morgan fingerprint density at radius 2 is 2.11 bits per heavy atom. The molecule has 19 heavy (non-hydrogen) atoms. The van der Waals surface area contributed by atoms with Gasteiger partial charge in [-0.25, -0.2) is 4.98 Å². The van der Waals surface area contributed by atoms with Crippen LogP contribution in [-0.4, -0.2) is 21.5 Å². The second-order valence-corrected chi connectivity index (χ2v) is 4.66. The standard InChI is InChI=1S/C14H18N4O/c1-11(2)6-16-7-12-8-17-10-14(18-12)19-13-4-3-5-15-9-13/h3-5,8-11,16H,6-7H2,1-2H3. The van der Waals surface area contributed by atoms with E-state index < -0.39 is 0 Å². The molecule has 0 saturated carbocycles. The molecule has 0 spiro atoms. The third kappa shape index (κ3) is 4.63. The quantitative estimate of drug-likeness (QED) is 0.862. The van der Waals surface area contributed by atoms with Crippen molar-refractivity contribution in [3.8, 4) is 11.6 Å². The van der Waals surface area contributed by atoms with E-state index in [0.717, 1.165) is 12.2 Å². The molecular weight excluding hydrogens is 240 g/mol. The van der Waals surface area contributed by atoms with Crippen LogP contribution in [0.5, 0.6) is 11.6 Å². The number of hydrogen-bond acceptors (Lipinski definition) is 5. The number of nitrogens with one attached hydrogen (secondary N) is 1. The highest BCUT2D eigenvalue weighted by molar-refractivity contribution is 5.22. The molecule has 0 bridgehead atoms. The summed E-state index contributed by atoms with van der Waals surface area (Å²) in [6.07, 6.45) is 6.68. The first-order valence-corrected chi connectivity index (χ1v) is 6.33. The number of nitrogens with zero attached hydrogens (tertiary/aromatic N) is 3. The lowest BCUT2D eigenvalue weighted by molar-refractivity contribution is 0.453. The topological polar surface area (TPSA) is 59.9 Å². The fourth-order valence-electron chi connectivity index (χ4n) is 1.54. The third-order valence-electron chi connectivity index (χ3n) is 2.38. The van der Waals surface area contributed by atoms with E-state index in [2.05, 4.69) is 34.1 Å². The number of pyridine rings is 1. The van der Waals surface area contributed by atoms with Gasteiger partial charge >= 0.3 is 0 Å². The molecule has 5 heteroatoms. The maximum absolute atomic E-state index is 5.58. The number of ether oxygens (including phenoxy) is 1. The number of aromatic nitrogens is 3. The summed E-state index contributed by atoms with van der Waals surface area (Å²) in [7, 11) is 0. The van der Waals surface area contributed by atoms with Gasteiger partial charge in [0.25, 0.3) is 0 Å². The zero-order chi connectivity index (χ0) is 13.5. The Balaban J connectivity index is 1.95. The molecule has 0 amide bonds. The van der Waals surface area contributed by atoms with Crippen molar-refractivity contribution in [2.45, 2.75) is 20.4 Å². The van der Waals surface area contributed by atoms with Gasteiger partial charge in [0, 0.05) is 18.9 Å². The lowest BCUT2D eigenvalue weighted by Crippen LogP contribution is -2.19. The second kappa shape index (κ2) is 6.80. The average molecular weight is 258 g/mol. The van der Waals surface area contributed by atoms with Crippen LogP contribution in [-0.2, 0) is 6.54 Å². The monoisotopic (exact) mass is 258 g/mol. The predicted molar refractivity (Wildman–Crippen MR) is 72.9 cm³/mol. The van der Waals surface area contributed by atoms with Crippen LogP contribution in [0.2, 0.25) is 0 Å². The minimum absolute atomic E-state index is 0.483. The molecule has 0 radical (unpaired) electrons. The SMILES string of the molecule is CC(C)CNCc1cncc(Oc2cccnc2)n1. The van der Waals surface area contributed by atoms with Gasteiger partial charge in [0.2, 0.25) is 5.88 Å². The molecule has 0 atom stereocenters. The fraction of sp³-hybridized carbons (Fsp3) is 0.357. The molecule has 100 valence electrons. The predicted octanol–water partition coefficient (Wildman–Crippen LogP) is 2.41. The summed E-state index contributed by atoms with van der Waals surface area (Å²) in [6, 6.07) is 3.65. The molecule has 2 aromatic heterocycles. The molecule has 0 aromatic carbocycles. The van der Waals surface area contributed by atoms with Crippen molar-refractivity contribution in [3.63, 3.8) is 0 Å². The Hall–Kier alpha value is -2.01. The smallest absolute Gasteiger partial charge is 0.238 e. The number of hydrogen-bond donors (Lipinski definition) is 1. The maximum atomic E-state index is 5.58. The van der Waals surface area contributed by atoms with Crippen molar-refractivity contribution in [3.05, 3.63) is 42.6 Å². The van der Waals surface area contributed by atoms with Gasteiger partial charge in [-0.05, 0) is 24.6 Å². The van der Waals surface area contributed by atoms with E-state index >= 15 is 0 Å². The van der Waals surface area contributed by atoms with Crippen molar-refractivity contribution in [2.75, 3.05) is 6.54 Å². The van der Waals surface area contributed by atoms with E-state index in [1.807, 2.05) is 12.1 Å². The molecule has 1 N–H and O–H groups in total. The van der Waals surface area contributed by atoms with Gasteiger partial charge in [-0.3, -0.25) is 9.97 Å². The Morgan fingerprint density at radius 3 is 2.84 bits per heavy atom. The van der Waals surface area contributed by atoms with Crippen molar-refractivity contribution in [1.29, 1.82) is 0 Å². The second-order valence-electron chi connectivity index (χ2n) is 4.66. The van der Waals surface area contributed by atoms with Crippen LogP contribution >= 0.6 is 0 Å². The summed E-state index contributed by atoms with van der Waals surface area (Å²) < 4.78 is 5.58. The van der Waals surface area contributed by atoms with Crippen LogP contribution in [0.15, 0.2) is 36.9 Å². The normalized spacial score (nSPS) is 10.7. The van der Waals surface area contributed by atoms with Gasteiger partial charge in [0.05, 0.1) is 18.1 Å². The van der Waals surface area contributed by atoms with Crippen LogP contribution in [0.4, 0.5) is 0 Å². The molecule has 2 rings (SSSR count). The Morgan fingerprint density at radius 1 is 1.21 bits per heavy atom. The van der Waals surface area contributed by atoms with E-state index in [0.29, 0.717) is 24.1 Å². The van der Waals surface area contributed by atoms with Crippen LogP contribution in [0.3, 0.4) is 0 Å². The van der Waals surface area contributed by atoms with Crippen LogP contribution in [0.25, 0.3) is 0 Å². The highest BCUT2D eigenvalue weighted by atomic mass is 16.5. The first-order chi connectivity index (χ1) is 9.24. The molecule has 0 unspecified atom stereocenters. The first kappa shape index (κ1) is 13.4. The van der Waals surface area contributed by atoms with E-state index in [9.17, 15) is 0 Å². The zero-order valence-electron chi connectivity index (χ0n) is 11.2. The summed E-state index contributed by atoms with van der Waals surface area (Å²) in [4.78, 5) is 12.5. The Bertz CT molecular complexity index is 502. The van der Waals surface area contributed by atoms with Gasteiger partial charge in [0.1, 0.15) is 5.75 Å². The summed E-state index contributed by atoms with van der Waals surface area (Å²) >= 11 is 0. The fourth-order valence-corrected chi connectivity index (χ4v) is 1.54. The zero-order valence-corrected chi connectivity index (χ0v) is 11.2. The van der Waals surface area contributed by atoms with Crippen LogP contribution < -0.4 is 10.1 Å². The van der Waals surface area contributed by atoms with Gasteiger partial charge in [-0.15, -0.1) is 0 Å². The molecule has 0 aliphatic heterocycles. The molecule has 0 aliphatic carbocycles. The van der Waals surface area contributed by atoms with E-state index in [1.54, 1.807) is 24.8 Å². The van der Waals surface area contributed by atoms with E-state index in [4.69, 9.17) is 4.74 Å². The molecule has 0 fully saturated rings. The molecular formula is C14H18N4O. The van der Waals surface area contributed by atoms with Gasteiger partial charge < -0.3 is 10.1 Å². The van der Waals surface area contributed by atoms with E-state index in [1.165, 1.54) is 0 Å². The minimum Gasteiger partial charge on any atom is -0.436 e. The maximum Gasteiger partial charge on any atom is 0.238 e. The van der Waals surface area contributed by atoms with E-state index in [-0.39, 0.29) is 0 Å². The summed E-state index contributed by atoms with van der Waals surface area (Å²) in [6.45, 7) is 5.98. The lowest BCUT2D eigenvalue weighted by atomic mass is 10.2. The van der Waals surface area contributed by atoms with Gasteiger partial charge in [-0.1, -0.05) is 13.8 Å². The van der Waals surface area contributed by atoms with Crippen LogP contribution in [0, 0.1) is 5.92 Å². The third-order valence-corrected chi connectivity index (χ3v) is 2.38. The van der Waals surface area contributed by atoms with Gasteiger partial charge in [-0.2, -0.15) is 0 Å². The van der Waals surface area contributed by atoms with Crippen LogP contribution in [0.1, 0.15) is 19.5 Å². The largest absolute Gasteiger partial charge is 0.436 e. The first-order valence-electron chi connectivity index (χ1n) is 6.33. The highest BCUT2D eigenvalue weighted by Gasteiger charge is 2.02.